The summed E-state index contributed by atoms with van der Waals surface area (Å²) < 4.78 is 5.50. The molecular formula is C26H31NO7S. The molecule has 0 radical (unpaired) electrons. The number of phenolic OH excluding ortho intramolecular Hbond substituents is 2. The van der Waals surface area contributed by atoms with Crippen LogP contribution in [0.2, 0.25) is 0 Å². The number of thioether (sulfide) groups is 1. The van der Waals surface area contributed by atoms with Crippen LogP contribution in [0.15, 0.2) is 49.1 Å². The van der Waals surface area contributed by atoms with Gasteiger partial charge in [-0.3, -0.25) is 9.59 Å². The Morgan fingerprint density at radius 2 is 1.80 bits per heavy atom. The lowest BCUT2D eigenvalue weighted by Crippen LogP contribution is -2.41. The Labute approximate surface area is 209 Å². The van der Waals surface area contributed by atoms with E-state index in [9.17, 15) is 29.7 Å². The van der Waals surface area contributed by atoms with Gasteiger partial charge in [0.05, 0.1) is 7.11 Å². The molecule has 0 aliphatic rings. The first kappa shape index (κ1) is 27.8. The van der Waals surface area contributed by atoms with Crippen LogP contribution in [-0.4, -0.2) is 51.9 Å². The van der Waals surface area contributed by atoms with Gasteiger partial charge in [0, 0.05) is 52.5 Å². The molecule has 2 atom stereocenters. The Hall–Kier alpha value is -3.46. The molecule has 9 heteroatoms. The number of Topliss-reactive ketones (excluding diaryl/α,β-unsaturated/α-hetero) is 1. The fourth-order valence-electron chi connectivity index (χ4n) is 3.46. The van der Waals surface area contributed by atoms with Crippen molar-refractivity contribution in [3.63, 3.8) is 0 Å². The third-order valence-corrected chi connectivity index (χ3v) is 6.95. The van der Waals surface area contributed by atoms with E-state index in [0.717, 1.165) is 0 Å². The molecule has 0 aliphatic heterocycles. The second-order valence-corrected chi connectivity index (χ2v) is 9.86. The number of phenols is 2. The van der Waals surface area contributed by atoms with E-state index in [1.165, 1.54) is 56.1 Å². The number of methoxy groups -OCH3 is 1. The number of rotatable bonds is 12. The average molecular weight is 502 g/mol. The number of nitrogens with one attached hydrogen (secondary N) is 1. The maximum atomic E-state index is 13.1. The van der Waals surface area contributed by atoms with E-state index in [1.54, 1.807) is 12.1 Å². The summed E-state index contributed by atoms with van der Waals surface area (Å²) in [6, 6.07) is 7.91. The van der Waals surface area contributed by atoms with Crippen molar-refractivity contribution in [2.75, 3.05) is 12.9 Å². The van der Waals surface area contributed by atoms with Crippen LogP contribution >= 0.6 is 11.8 Å². The molecule has 0 bridgehead atoms. The van der Waals surface area contributed by atoms with Crippen LogP contribution in [0.3, 0.4) is 0 Å². The van der Waals surface area contributed by atoms with Crippen LogP contribution < -0.4 is 10.1 Å². The molecule has 1 amide bonds. The number of carboxylic acids is 1. The highest BCUT2D eigenvalue weighted by atomic mass is 32.2. The van der Waals surface area contributed by atoms with E-state index >= 15 is 0 Å². The fraction of sp³-hybridized carbons (Fsp3) is 0.346. The number of carbonyl (C=O) groups excluding carboxylic acids is 2. The third-order valence-electron chi connectivity index (χ3n) is 5.60. The van der Waals surface area contributed by atoms with Crippen molar-refractivity contribution in [2.45, 2.75) is 43.9 Å². The molecule has 35 heavy (non-hydrogen) atoms. The van der Waals surface area contributed by atoms with Gasteiger partial charge in [-0.15, -0.1) is 6.58 Å². The molecule has 8 nitrogen and oxygen atoms in total. The van der Waals surface area contributed by atoms with Gasteiger partial charge >= 0.3 is 5.97 Å². The standard InChI is InChI=1S/C26H31NO7S/c1-6-26(3,4)19-11-18(23(34-5)12-22(19)31)24(35-14-20(25(32)33)27-15(2)28)13-21(30)16-7-9-17(29)10-8-16/h6-12,20,24,29,31H,1,13-14H2,2-5H3,(H,27,28)(H,32,33)/t20-,24-/m1/s1. The minimum atomic E-state index is -1.19. The number of ether oxygens (including phenoxy) is 1. The minimum Gasteiger partial charge on any atom is -0.508 e. The zero-order valence-electron chi connectivity index (χ0n) is 20.2. The van der Waals surface area contributed by atoms with Crippen molar-refractivity contribution >= 4 is 29.4 Å². The van der Waals surface area contributed by atoms with Crippen LogP contribution in [0, 0.1) is 0 Å². The van der Waals surface area contributed by atoms with Gasteiger partial charge in [0.2, 0.25) is 5.91 Å². The number of allylic oxidation sites excluding steroid dienone is 1. The SMILES string of the molecule is C=CC(C)(C)c1cc([C@@H](CC(=O)c2ccc(O)cc2)SC[C@@H](NC(C)=O)C(=O)O)c(OC)cc1O. The quantitative estimate of drug-likeness (QED) is 0.251. The van der Waals surface area contributed by atoms with Crippen molar-refractivity contribution < 1.29 is 34.4 Å². The summed E-state index contributed by atoms with van der Waals surface area (Å²) >= 11 is 1.19. The highest BCUT2D eigenvalue weighted by molar-refractivity contribution is 7.99. The van der Waals surface area contributed by atoms with Crippen molar-refractivity contribution in [3.8, 4) is 17.2 Å². The summed E-state index contributed by atoms with van der Waals surface area (Å²) in [6.07, 6.45) is 1.68. The second kappa shape index (κ2) is 11.8. The lowest BCUT2D eigenvalue weighted by molar-refractivity contribution is -0.140. The van der Waals surface area contributed by atoms with E-state index in [1.807, 2.05) is 13.8 Å². The topological polar surface area (TPSA) is 133 Å². The number of aliphatic carboxylic acids is 1. The van der Waals surface area contributed by atoms with Gasteiger partial charge in [-0.2, -0.15) is 11.8 Å². The monoisotopic (exact) mass is 501 g/mol. The Morgan fingerprint density at radius 1 is 1.17 bits per heavy atom. The molecule has 2 aromatic rings. The molecule has 2 rings (SSSR count). The van der Waals surface area contributed by atoms with E-state index in [4.69, 9.17) is 4.74 Å². The first-order valence-corrected chi connectivity index (χ1v) is 11.9. The van der Waals surface area contributed by atoms with Crippen LogP contribution in [0.1, 0.15) is 53.9 Å². The Morgan fingerprint density at radius 3 is 2.31 bits per heavy atom. The first-order chi connectivity index (χ1) is 16.4. The Balaban J connectivity index is 2.53. The van der Waals surface area contributed by atoms with Crippen LogP contribution in [0.25, 0.3) is 0 Å². The van der Waals surface area contributed by atoms with E-state index < -0.39 is 28.6 Å². The van der Waals surface area contributed by atoms with E-state index in [-0.39, 0.29) is 29.5 Å². The highest BCUT2D eigenvalue weighted by Crippen LogP contribution is 2.44. The Bertz CT molecular complexity index is 1100. The van der Waals surface area contributed by atoms with E-state index in [2.05, 4.69) is 11.9 Å². The highest BCUT2D eigenvalue weighted by Gasteiger charge is 2.29. The zero-order valence-corrected chi connectivity index (χ0v) is 21.0. The molecule has 2 aromatic carbocycles. The number of hydrogen-bond donors (Lipinski definition) is 4. The number of aromatic hydroxyl groups is 2. The number of carbonyl (C=O) groups is 3. The van der Waals surface area contributed by atoms with Gasteiger partial charge in [-0.1, -0.05) is 19.9 Å². The van der Waals surface area contributed by atoms with Gasteiger partial charge in [-0.25, -0.2) is 4.79 Å². The normalized spacial score (nSPS) is 12.9. The second-order valence-electron chi connectivity index (χ2n) is 8.62. The summed E-state index contributed by atoms with van der Waals surface area (Å²) in [4.78, 5) is 36.3. The molecule has 0 spiro atoms. The summed E-state index contributed by atoms with van der Waals surface area (Å²) in [5.41, 5.74) is 0.956. The van der Waals surface area contributed by atoms with Crippen molar-refractivity contribution in [1.82, 2.24) is 5.32 Å². The molecular weight excluding hydrogens is 470 g/mol. The predicted molar refractivity (Wildman–Crippen MR) is 135 cm³/mol. The van der Waals surface area contributed by atoms with Gasteiger partial charge in [0.1, 0.15) is 23.3 Å². The third kappa shape index (κ3) is 7.26. The first-order valence-electron chi connectivity index (χ1n) is 10.9. The molecule has 0 saturated carbocycles. The van der Waals surface area contributed by atoms with Crippen LogP contribution in [0.4, 0.5) is 0 Å². The smallest absolute Gasteiger partial charge is 0.327 e. The summed E-state index contributed by atoms with van der Waals surface area (Å²) in [5, 5.41) is 31.5. The van der Waals surface area contributed by atoms with Gasteiger partial charge in [-0.05, 0) is 30.3 Å². The summed E-state index contributed by atoms with van der Waals surface area (Å²) in [6.45, 7) is 8.84. The largest absolute Gasteiger partial charge is 0.508 e. The molecule has 0 heterocycles. The molecule has 188 valence electrons. The van der Waals surface area contributed by atoms with Gasteiger partial charge in [0.15, 0.2) is 5.78 Å². The number of ketones is 1. The maximum absolute atomic E-state index is 13.1. The number of carboxylic acid groups (broad SMARTS) is 1. The number of amides is 1. The van der Waals surface area contributed by atoms with Crippen molar-refractivity contribution in [2.24, 2.45) is 0 Å². The molecule has 0 aliphatic carbocycles. The zero-order chi connectivity index (χ0) is 26.3. The molecule has 4 N–H and O–H groups in total. The minimum absolute atomic E-state index is 0.00534. The molecule has 0 saturated heterocycles. The maximum Gasteiger partial charge on any atom is 0.327 e. The van der Waals surface area contributed by atoms with Crippen molar-refractivity contribution in [3.05, 3.63) is 65.7 Å². The molecule has 0 aromatic heterocycles. The van der Waals surface area contributed by atoms with Gasteiger partial charge in [0.25, 0.3) is 0 Å². The van der Waals surface area contributed by atoms with Crippen molar-refractivity contribution in [1.29, 1.82) is 0 Å². The average Bonchev–Trinajstić information content (AvgIpc) is 2.80. The van der Waals surface area contributed by atoms with Crippen LogP contribution in [0.5, 0.6) is 17.2 Å². The molecule has 0 unspecified atom stereocenters. The summed E-state index contributed by atoms with van der Waals surface area (Å²) in [7, 11) is 1.44. The molecule has 0 fully saturated rings. The number of benzene rings is 2. The van der Waals surface area contributed by atoms with Gasteiger partial charge < -0.3 is 25.4 Å². The van der Waals surface area contributed by atoms with E-state index in [0.29, 0.717) is 22.4 Å². The fourth-order valence-corrected chi connectivity index (χ4v) is 4.75. The lowest BCUT2D eigenvalue weighted by Gasteiger charge is -2.27. The summed E-state index contributed by atoms with van der Waals surface area (Å²) in [5.74, 6) is -1.53. The lowest BCUT2D eigenvalue weighted by atomic mass is 9.82. The Kier molecular flexibility index (Phi) is 9.36. The predicted octanol–water partition coefficient (Wildman–Crippen LogP) is 4.21. The number of hydrogen-bond acceptors (Lipinski definition) is 7. The van der Waals surface area contributed by atoms with Crippen LogP contribution in [-0.2, 0) is 15.0 Å².